The van der Waals surface area contributed by atoms with E-state index in [1.165, 1.54) is 0 Å². The Hall–Kier alpha value is -0.860. The highest BCUT2D eigenvalue weighted by Gasteiger charge is 2.60. The van der Waals surface area contributed by atoms with Gasteiger partial charge in [-0.1, -0.05) is 62.3 Å². The molecule has 3 nitrogen and oxygen atoms in total. The second kappa shape index (κ2) is 4.85. The molecular formula is C17H30O3. The summed E-state index contributed by atoms with van der Waals surface area (Å²) in [6, 6.07) is 0. The van der Waals surface area contributed by atoms with Crippen LogP contribution in [0, 0.1) is 34.0 Å². The molecule has 1 aliphatic heterocycles. The first-order valence-electron chi connectivity index (χ1n) is 7.50. The maximum atomic E-state index is 12.3. The van der Waals surface area contributed by atoms with E-state index in [-0.39, 0.29) is 40.0 Å². The third-order valence-electron chi connectivity index (χ3n) is 5.86. The third kappa shape index (κ3) is 2.51. The molecule has 1 rings (SSSR count). The zero-order chi connectivity index (χ0) is 16.1. The van der Waals surface area contributed by atoms with Crippen molar-refractivity contribution in [1.82, 2.24) is 0 Å². The molecule has 1 heterocycles. The van der Waals surface area contributed by atoms with Gasteiger partial charge in [0.25, 0.3) is 0 Å². The van der Waals surface area contributed by atoms with Crippen molar-refractivity contribution in [2.24, 2.45) is 34.0 Å². The summed E-state index contributed by atoms with van der Waals surface area (Å²) in [5.41, 5.74) is -0.675. The largest absolute Gasteiger partial charge is 0.393 e. The Morgan fingerprint density at radius 2 is 1.25 bits per heavy atom. The summed E-state index contributed by atoms with van der Waals surface area (Å²) in [7, 11) is 0. The first kappa shape index (κ1) is 17.2. The van der Waals surface area contributed by atoms with Gasteiger partial charge in [0.05, 0.1) is 11.8 Å². The van der Waals surface area contributed by atoms with Gasteiger partial charge in [0.1, 0.15) is 0 Å². The lowest BCUT2D eigenvalue weighted by Crippen LogP contribution is -2.48. The van der Waals surface area contributed by atoms with Crippen LogP contribution in [0.2, 0.25) is 0 Å². The maximum Gasteiger partial charge on any atom is 0.318 e. The van der Waals surface area contributed by atoms with Crippen molar-refractivity contribution in [2.75, 3.05) is 0 Å². The minimum atomic E-state index is -0.382. The van der Waals surface area contributed by atoms with Crippen molar-refractivity contribution in [3.05, 3.63) is 0 Å². The average molecular weight is 282 g/mol. The summed E-state index contributed by atoms with van der Waals surface area (Å²) in [6.45, 7) is 18.9. The van der Waals surface area contributed by atoms with Crippen LogP contribution < -0.4 is 0 Å². The van der Waals surface area contributed by atoms with Crippen LogP contribution in [0.25, 0.3) is 0 Å². The Kier molecular flexibility index (Phi) is 4.17. The van der Waals surface area contributed by atoms with E-state index in [9.17, 15) is 9.59 Å². The molecule has 0 aromatic rings. The van der Waals surface area contributed by atoms with E-state index in [2.05, 4.69) is 41.5 Å². The van der Waals surface area contributed by atoms with Crippen LogP contribution in [0.1, 0.15) is 62.3 Å². The summed E-state index contributed by atoms with van der Waals surface area (Å²) >= 11 is 0. The Bertz CT molecular complexity index is 410. The van der Waals surface area contributed by atoms with Crippen LogP contribution in [-0.4, -0.2) is 11.9 Å². The minimum absolute atomic E-state index is 0.0786. The normalized spacial score (nSPS) is 25.3. The zero-order valence-electron chi connectivity index (χ0n) is 14.5. The maximum absolute atomic E-state index is 12.3. The molecule has 1 saturated heterocycles. The molecule has 0 aliphatic carbocycles. The molecule has 0 spiro atoms. The standard InChI is InChI=1S/C17H30O3/c1-10(2)16(6,7)17(8,9)12-11(15(3,4)5)13(18)20-14(12)19/h10-12H,1-9H3. The smallest absolute Gasteiger partial charge is 0.318 e. The number of rotatable bonds is 3. The predicted molar refractivity (Wildman–Crippen MR) is 79.9 cm³/mol. The summed E-state index contributed by atoms with van der Waals surface area (Å²) < 4.78 is 5.00. The molecule has 0 N–H and O–H groups in total. The molecule has 0 bridgehead atoms. The molecule has 2 unspecified atom stereocenters. The van der Waals surface area contributed by atoms with E-state index < -0.39 is 0 Å². The van der Waals surface area contributed by atoms with Crippen molar-refractivity contribution in [3.8, 4) is 0 Å². The van der Waals surface area contributed by atoms with Crippen molar-refractivity contribution in [3.63, 3.8) is 0 Å². The quantitative estimate of drug-likeness (QED) is 0.579. The van der Waals surface area contributed by atoms with Gasteiger partial charge in [-0.3, -0.25) is 9.59 Å². The van der Waals surface area contributed by atoms with Crippen LogP contribution in [0.3, 0.4) is 0 Å². The Balaban J connectivity index is 3.34. The zero-order valence-corrected chi connectivity index (χ0v) is 14.5. The molecule has 116 valence electrons. The van der Waals surface area contributed by atoms with Gasteiger partial charge >= 0.3 is 11.9 Å². The fourth-order valence-corrected chi connectivity index (χ4v) is 3.21. The lowest BCUT2D eigenvalue weighted by Gasteiger charge is -2.49. The molecule has 1 aliphatic rings. The van der Waals surface area contributed by atoms with Gasteiger partial charge < -0.3 is 4.74 Å². The molecule has 0 aromatic heterocycles. The molecule has 0 radical (unpaired) electrons. The molecule has 0 amide bonds. The van der Waals surface area contributed by atoms with Gasteiger partial charge in [0.15, 0.2) is 0 Å². The van der Waals surface area contributed by atoms with E-state index in [0.717, 1.165) is 0 Å². The fraction of sp³-hybridized carbons (Fsp3) is 0.882. The Morgan fingerprint density at radius 1 is 0.850 bits per heavy atom. The molecular weight excluding hydrogens is 252 g/mol. The van der Waals surface area contributed by atoms with Crippen LogP contribution in [0.15, 0.2) is 0 Å². The summed E-state index contributed by atoms with van der Waals surface area (Å²) in [5, 5.41) is 0. The van der Waals surface area contributed by atoms with Gasteiger partial charge in [-0.05, 0) is 22.2 Å². The number of cyclic esters (lactones) is 2. The number of carbonyl (C=O) groups excluding carboxylic acids is 2. The predicted octanol–water partition coefficient (Wildman–Crippen LogP) is 4.06. The number of hydrogen-bond donors (Lipinski definition) is 0. The van der Waals surface area contributed by atoms with Gasteiger partial charge in [-0.15, -0.1) is 0 Å². The van der Waals surface area contributed by atoms with Crippen molar-refractivity contribution in [1.29, 1.82) is 0 Å². The Labute approximate surface area is 123 Å². The SMILES string of the molecule is CC(C)C(C)(C)C(C)(C)C1C(=O)OC(=O)C1C(C)(C)C. The molecule has 1 fully saturated rings. The van der Waals surface area contributed by atoms with E-state index in [4.69, 9.17) is 4.74 Å². The summed E-state index contributed by atoms with van der Waals surface area (Å²) in [5.74, 6) is -1.06. The lowest BCUT2D eigenvalue weighted by molar-refractivity contribution is -0.155. The molecule has 20 heavy (non-hydrogen) atoms. The minimum Gasteiger partial charge on any atom is -0.393 e. The van der Waals surface area contributed by atoms with E-state index in [0.29, 0.717) is 5.92 Å². The second-order valence-electron chi connectivity index (χ2n) is 8.66. The second-order valence-corrected chi connectivity index (χ2v) is 8.66. The highest BCUT2D eigenvalue weighted by molar-refractivity contribution is 5.97. The summed E-state index contributed by atoms with van der Waals surface area (Å²) in [4.78, 5) is 24.5. The third-order valence-corrected chi connectivity index (χ3v) is 5.86. The highest BCUT2D eigenvalue weighted by atomic mass is 16.6. The molecule has 0 aromatic carbocycles. The summed E-state index contributed by atoms with van der Waals surface area (Å²) in [6.07, 6.45) is 0. The monoisotopic (exact) mass is 282 g/mol. The lowest BCUT2D eigenvalue weighted by atomic mass is 9.52. The van der Waals surface area contributed by atoms with Gasteiger partial charge in [-0.2, -0.15) is 0 Å². The van der Waals surface area contributed by atoms with Crippen LogP contribution in [-0.2, 0) is 14.3 Å². The van der Waals surface area contributed by atoms with E-state index in [1.807, 2.05) is 20.8 Å². The van der Waals surface area contributed by atoms with Gasteiger partial charge in [0, 0.05) is 0 Å². The van der Waals surface area contributed by atoms with Crippen LogP contribution in [0.5, 0.6) is 0 Å². The van der Waals surface area contributed by atoms with Gasteiger partial charge in [0.2, 0.25) is 0 Å². The fourth-order valence-electron chi connectivity index (χ4n) is 3.21. The molecule has 2 atom stereocenters. The highest BCUT2D eigenvalue weighted by Crippen LogP contribution is 2.56. The Morgan fingerprint density at radius 3 is 1.60 bits per heavy atom. The first-order chi connectivity index (χ1) is 8.74. The number of hydrogen-bond acceptors (Lipinski definition) is 3. The number of ether oxygens (including phenoxy) is 1. The topological polar surface area (TPSA) is 43.4 Å². The van der Waals surface area contributed by atoms with E-state index in [1.54, 1.807) is 0 Å². The van der Waals surface area contributed by atoms with E-state index >= 15 is 0 Å². The number of carbonyl (C=O) groups is 2. The van der Waals surface area contributed by atoms with Crippen LogP contribution >= 0.6 is 0 Å². The van der Waals surface area contributed by atoms with Crippen LogP contribution in [0.4, 0.5) is 0 Å². The number of esters is 2. The molecule has 3 heteroatoms. The first-order valence-corrected chi connectivity index (χ1v) is 7.50. The van der Waals surface area contributed by atoms with Crippen molar-refractivity contribution in [2.45, 2.75) is 62.3 Å². The molecule has 0 saturated carbocycles. The van der Waals surface area contributed by atoms with Crippen molar-refractivity contribution >= 4 is 11.9 Å². The average Bonchev–Trinajstić information content (AvgIpc) is 2.52. The van der Waals surface area contributed by atoms with Crippen molar-refractivity contribution < 1.29 is 14.3 Å². The van der Waals surface area contributed by atoms with Gasteiger partial charge in [-0.25, -0.2) is 0 Å².